The lowest BCUT2D eigenvalue weighted by molar-refractivity contribution is -0.0317. The third-order valence-electron chi connectivity index (χ3n) is 4.87. The molecule has 4 heterocycles. The number of carbonyl (C=O) groups excluding carboxylic acids is 1. The lowest BCUT2D eigenvalue weighted by atomic mass is 10.0. The molecule has 0 spiro atoms. The van der Waals surface area contributed by atoms with Crippen molar-refractivity contribution in [3.63, 3.8) is 0 Å². The topological polar surface area (TPSA) is 150 Å². The Balaban J connectivity index is 1.42. The van der Waals surface area contributed by atoms with Crippen molar-refractivity contribution in [2.24, 2.45) is 0 Å². The van der Waals surface area contributed by atoms with Crippen LogP contribution in [0, 0.1) is 0 Å². The summed E-state index contributed by atoms with van der Waals surface area (Å²) in [6.07, 6.45) is 2.06. The van der Waals surface area contributed by atoms with Crippen LogP contribution in [0.1, 0.15) is 37.1 Å². The molecule has 1 aromatic rings. The largest absolute Gasteiger partial charge is 0.422 e. The Kier molecular flexibility index (Phi) is 4.56. The molecule has 3 fully saturated rings. The van der Waals surface area contributed by atoms with Gasteiger partial charge in [0.15, 0.2) is 0 Å². The molecule has 1 aromatic heterocycles. The van der Waals surface area contributed by atoms with Crippen LogP contribution in [0.4, 0.5) is 4.79 Å². The number of hydrogen-bond acceptors (Lipinski definition) is 9. The minimum atomic E-state index is -4.76. The van der Waals surface area contributed by atoms with Gasteiger partial charge >= 0.3 is 16.4 Å². The van der Waals surface area contributed by atoms with E-state index in [1.54, 1.807) is 0 Å². The SMILES string of the molecule is O=C1N2C[C@H](CC[C@H]2c2nnc(CN[C@H]3CCNC3)o2)N1OS(=O)(=O)O. The standard InChI is InChI=1S/C13H20N6O6S/c20-13-18-7-9(19(13)25-26(21,22)23)1-2-10(18)12-17-16-11(24-12)6-15-8-3-4-14-5-8/h8-10,14-15H,1-7H2,(H,21,22,23)/t8-,9-,10-/m0/s1. The number of aromatic nitrogens is 2. The van der Waals surface area contributed by atoms with Gasteiger partial charge in [0.1, 0.15) is 6.04 Å². The average Bonchev–Trinajstić information content (AvgIpc) is 3.31. The molecule has 26 heavy (non-hydrogen) atoms. The van der Waals surface area contributed by atoms with E-state index >= 15 is 0 Å². The van der Waals surface area contributed by atoms with Crippen LogP contribution in [0.3, 0.4) is 0 Å². The van der Waals surface area contributed by atoms with Crippen molar-refractivity contribution in [2.45, 2.75) is 43.9 Å². The van der Waals surface area contributed by atoms with Crippen molar-refractivity contribution in [1.29, 1.82) is 0 Å². The quantitative estimate of drug-likeness (QED) is 0.528. The number of nitrogens with zero attached hydrogens (tertiary/aromatic N) is 4. The maximum Gasteiger partial charge on any atom is 0.418 e. The molecule has 3 aliphatic rings. The number of fused-ring (bicyclic) bond motifs is 2. The highest BCUT2D eigenvalue weighted by atomic mass is 32.3. The molecule has 0 aliphatic carbocycles. The van der Waals surface area contributed by atoms with E-state index in [0.29, 0.717) is 42.3 Å². The number of urea groups is 1. The van der Waals surface area contributed by atoms with Gasteiger partial charge in [-0.15, -0.1) is 14.5 Å². The average molecular weight is 388 g/mol. The number of carbonyl (C=O) groups is 1. The van der Waals surface area contributed by atoms with E-state index in [0.717, 1.165) is 19.5 Å². The molecule has 2 amide bonds. The van der Waals surface area contributed by atoms with Crippen molar-refractivity contribution in [3.8, 4) is 0 Å². The fourth-order valence-electron chi connectivity index (χ4n) is 3.62. The first-order valence-electron chi connectivity index (χ1n) is 8.44. The van der Waals surface area contributed by atoms with Crippen LogP contribution in [-0.4, -0.2) is 70.9 Å². The van der Waals surface area contributed by atoms with Crippen molar-refractivity contribution >= 4 is 16.4 Å². The molecule has 3 atom stereocenters. The van der Waals surface area contributed by atoms with Crippen LogP contribution in [0.2, 0.25) is 0 Å². The Morgan fingerprint density at radius 3 is 2.92 bits per heavy atom. The summed E-state index contributed by atoms with van der Waals surface area (Å²) in [5.41, 5.74) is 0. The lowest BCUT2D eigenvalue weighted by Crippen LogP contribution is -2.35. The molecular formula is C13H20N6O6S. The number of amides is 2. The number of nitrogens with one attached hydrogen (secondary N) is 2. The van der Waals surface area contributed by atoms with Crippen LogP contribution >= 0.6 is 0 Å². The predicted octanol–water partition coefficient (Wildman–Crippen LogP) is -0.803. The third kappa shape index (κ3) is 3.53. The highest BCUT2D eigenvalue weighted by Crippen LogP contribution is 2.38. The summed E-state index contributed by atoms with van der Waals surface area (Å²) in [5.74, 6) is 0.749. The molecular weight excluding hydrogens is 368 g/mol. The molecule has 0 aromatic carbocycles. The Hall–Kier alpha value is -1.80. The fraction of sp³-hybridized carbons (Fsp3) is 0.769. The lowest BCUT2D eigenvalue weighted by Gasteiger charge is -2.27. The van der Waals surface area contributed by atoms with Crippen molar-refractivity contribution in [1.82, 2.24) is 30.8 Å². The van der Waals surface area contributed by atoms with E-state index in [4.69, 9.17) is 8.97 Å². The highest BCUT2D eigenvalue weighted by molar-refractivity contribution is 7.80. The smallest absolute Gasteiger partial charge is 0.418 e. The summed E-state index contributed by atoms with van der Waals surface area (Å²) in [7, 11) is -4.76. The maximum atomic E-state index is 12.4. The van der Waals surface area contributed by atoms with Crippen molar-refractivity contribution < 1.29 is 26.5 Å². The van der Waals surface area contributed by atoms with Crippen LogP contribution in [0.5, 0.6) is 0 Å². The normalized spacial score (nSPS) is 29.0. The first-order chi connectivity index (χ1) is 12.4. The number of rotatable bonds is 6. The Bertz CT molecular complexity index is 778. The Labute approximate surface area is 149 Å². The molecule has 2 bridgehead atoms. The van der Waals surface area contributed by atoms with Crippen LogP contribution in [-0.2, 0) is 21.2 Å². The van der Waals surface area contributed by atoms with Crippen molar-refractivity contribution in [3.05, 3.63) is 11.8 Å². The second kappa shape index (κ2) is 6.74. The van der Waals surface area contributed by atoms with Gasteiger partial charge in [0.25, 0.3) is 0 Å². The maximum absolute atomic E-state index is 12.4. The zero-order valence-electron chi connectivity index (χ0n) is 13.9. The minimum Gasteiger partial charge on any atom is -0.422 e. The third-order valence-corrected chi connectivity index (χ3v) is 5.22. The van der Waals surface area contributed by atoms with Crippen LogP contribution < -0.4 is 10.6 Å². The van der Waals surface area contributed by atoms with E-state index in [1.165, 1.54) is 4.90 Å². The van der Waals surface area contributed by atoms with Gasteiger partial charge < -0.3 is 20.0 Å². The second-order valence-corrected chi connectivity index (χ2v) is 7.62. The summed E-state index contributed by atoms with van der Waals surface area (Å²) in [4.78, 5) is 13.8. The van der Waals surface area contributed by atoms with Crippen molar-refractivity contribution in [2.75, 3.05) is 19.6 Å². The Morgan fingerprint density at radius 2 is 2.19 bits per heavy atom. The van der Waals surface area contributed by atoms with Gasteiger partial charge in [0.2, 0.25) is 11.8 Å². The first kappa shape index (κ1) is 17.6. The molecule has 0 saturated carbocycles. The number of hydroxylamine groups is 2. The molecule has 3 N–H and O–H groups in total. The summed E-state index contributed by atoms with van der Waals surface area (Å²) >= 11 is 0. The Morgan fingerprint density at radius 1 is 1.35 bits per heavy atom. The molecule has 3 aliphatic heterocycles. The van der Waals surface area contributed by atoms with E-state index in [-0.39, 0.29) is 6.54 Å². The molecule has 4 rings (SSSR count). The molecule has 12 nitrogen and oxygen atoms in total. The molecule has 3 saturated heterocycles. The monoisotopic (exact) mass is 388 g/mol. The number of hydrogen-bond donors (Lipinski definition) is 3. The summed E-state index contributed by atoms with van der Waals surface area (Å²) in [5, 5.41) is 15.3. The van der Waals surface area contributed by atoms with E-state index in [9.17, 15) is 13.2 Å². The summed E-state index contributed by atoms with van der Waals surface area (Å²) in [6.45, 7) is 2.59. The van der Waals surface area contributed by atoms with Gasteiger partial charge in [0.05, 0.1) is 12.6 Å². The van der Waals surface area contributed by atoms with E-state index < -0.39 is 28.5 Å². The summed E-state index contributed by atoms with van der Waals surface area (Å²) < 4.78 is 40.8. The molecule has 144 valence electrons. The van der Waals surface area contributed by atoms with Gasteiger partial charge in [-0.25, -0.2) is 4.79 Å². The zero-order chi connectivity index (χ0) is 18.3. The predicted molar refractivity (Wildman–Crippen MR) is 84.8 cm³/mol. The summed E-state index contributed by atoms with van der Waals surface area (Å²) in [6, 6.07) is -1.17. The van der Waals surface area contributed by atoms with Gasteiger partial charge in [0, 0.05) is 19.1 Å². The van der Waals surface area contributed by atoms with Crippen LogP contribution in [0.25, 0.3) is 0 Å². The minimum absolute atomic E-state index is 0.267. The molecule has 0 unspecified atom stereocenters. The number of piperidine rings is 1. The zero-order valence-corrected chi connectivity index (χ0v) is 14.7. The second-order valence-electron chi connectivity index (χ2n) is 6.61. The van der Waals surface area contributed by atoms with Gasteiger partial charge in [-0.3, -0.25) is 4.55 Å². The van der Waals surface area contributed by atoms with E-state index in [2.05, 4.69) is 25.1 Å². The van der Waals surface area contributed by atoms with Gasteiger partial charge in [-0.1, -0.05) is 0 Å². The van der Waals surface area contributed by atoms with Crippen LogP contribution in [0.15, 0.2) is 4.42 Å². The fourth-order valence-corrected chi connectivity index (χ4v) is 4.01. The van der Waals surface area contributed by atoms with Gasteiger partial charge in [-0.05, 0) is 25.8 Å². The first-order valence-corrected chi connectivity index (χ1v) is 9.80. The molecule has 13 heteroatoms. The van der Waals surface area contributed by atoms with Gasteiger partial charge in [-0.2, -0.15) is 13.5 Å². The van der Waals surface area contributed by atoms with E-state index in [1.807, 2.05) is 0 Å². The molecule has 0 radical (unpaired) electrons. The highest BCUT2D eigenvalue weighted by Gasteiger charge is 2.49.